The van der Waals surface area contributed by atoms with Gasteiger partial charge in [-0.1, -0.05) is 65.7 Å². The summed E-state index contributed by atoms with van der Waals surface area (Å²) >= 11 is 11.9. The molecule has 0 aliphatic carbocycles. The summed E-state index contributed by atoms with van der Waals surface area (Å²) in [6, 6.07) is 24.7. The van der Waals surface area contributed by atoms with E-state index >= 15 is 0 Å². The van der Waals surface area contributed by atoms with Gasteiger partial charge in [-0.15, -0.1) is 0 Å². The minimum absolute atomic E-state index is 0.238. The first-order valence-electron chi connectivity index (χ1n) is 10.2. The van der Waals surface area contributed by atoms with E-state index in [0.717, 1.165) is 10.8 Å². The van der Waals surface area contributed by atoms with Gasteiger partial charge in [0.1, 0.15) is 16.5 Å². The molecule has 8 heteroatoms. The number of carbonyl (C=O) groups is 2. The summed E-state index contributed by atoms with van der Waals surface area (Å²) in [5, 5.41) is 6.26. The van der Waals surface area contributed by atoms with E-state index in [1.807, 2.05) is 36.4 Å². The van der Waals surface area contributed by atoms with Crippen molar-refractivity contribution in [2.45, 2.75) is 0 Å². The third-order valence-electron chi connectivity index (χ3n) is 4.78. The standard InChI is InChI=1S/C26H18Cl2N2O4/c27-22-9-4-10-23(25(22)28)33-16-24(31)30-29-15-17-11-13-19(14-12-17)34-26(32)21-8-3-6-18-5-1-2-7-20(18)21/h1-15H,16H2,(H,30,31)/b29-15-. The Morgan fingerprint density at radius 2 is 1.62 bits per heavy atom. The highest BCUT2D eigenvalue weighted by Gasteiger charge is 2.12. The van der Waals surface area contributed by atoms with Crippen molar-refractivity contribution in [1.82, 2.24) is 5.43 Å². The molecule has 4 aromatic rings. The molecule has 4 aromatic carbocycles. The minimum Gasteiger partial charge on any atom is -0.482 e. The number of esters is 1. The first kappa shape index (κ1) is 23.3. The van der Waals surface area contributed by atoms with E-state index in [2.05, 4.69) is 10.5 Å². The van der Waals surface area contributed by atoms with E-state index in [1.165, 1.54) is 6.21 Å². The van der Waals surface area contributed by atoms with Gasteiger partial charge in [0.25, 0.3) is 5.91 Å². The van der Waals surface area contributed by atoms with Crippen LogP contribution in [-0.2, 0) is 4.79 Å². The van der Waals surface area contributed by atoms with Crippen molar-refractivity contribution >= 4 is 52.1 Å². The SMILES string of the molecule is O=C(COc1cccc(Cl)c1Cl)N/N=C\c1ccc(OC(=O)c2cccc3ccccc23)cc1. The Balaban J connectivity index is 1.30. The molecule has 4 rings (SSSR count). The van der Waals surface area contributed by atoms with Crippen LogP contribution in [0.2, 0.25) is 10.0 Å². The number of amides is 1. The number of rotatable bonds is 7. The van der Waals surface area contributed by atoms with Crippen LogP contribution in [0.15, 0.2) is 90.0 Å². The van der Waals surface area contributed by atoms with Crippen molar-refractivity contribution in [3.8, 4) is 11.5 Å². The molecule has 0 saturated carbocycles. The average molecular weight is 493 g/mol. The maximum atomic E-state index is 12.6. The monoisotopic (exact) mass is 492 g/mol. The second kappa shape index (κ2) is 10.8. The molecule has 0 aromatic heterocycles. The first-order chi connectivity index (χ1) is 16.5. The number of ether oxygens (including phenoxy) is 2. The highest BCUT2D eigenvalue weighted by molar-refractivity contribution is 6.42. The fourth-order valence-electron chi connectivity index (χ4n) is 3.14. The van der Waals surface area contributed by atoms with Gasteiger partial charge < -0.3 is 9.47 Å². The van der Waals surface area contributed by atoms with Gasteiger partial charge in [0, 0.05) is 0 Å². The zero-order valence-electron chi connectivity index (χ0n) is 17.7. The van der Waals surface area contributed by atoms with Crippen LogP contribution in [0.1, 0.15) is 15.9 Å². The Bertz CT molecular complexity index is 1370. The molecule has 0 bridgehead atoms. The molecule has 1 N–H and O–H groups in total. The Labute approximate surface area is 205 Å². The summed E-state index contributed by atoms with van der Waals surface area (Å²) < 4.78 is 10.9. The minimum atomic E-state index is -0.465. The fourth-order valence-corrected chi connectivity index (χ4v) is 3.48. The number of hydrogen-bond donors (Lipinski definition) is 1. The quantitative estimate of drug-likeness (QED) is 0.151. The van der Waals surface area contributed by atoms with Gasteiger partial charge in [-0.2, -0.15) is 5.10 Å². The molecule has 170 valence electrons. The number of hydrazone groups is 1. The second-order valence-electron chi connectivity index (χ2n) is 7.12. The highest BCUT2D eigenvalue weighted by atomic mass is 35.5. The van der Waals surface area contributed by atoms with Crippen LogP contribution in [0.25, 0.3) is 10.8 Å². The van der Waals surface area contributed by atoms with Crippen LogP contribution in [-0.4, -0.2) is 24.7 Å². The molecule has 1 amide bonds. The lowest BCUT2D eigenvalue weighted by Gasteiger charge is -2.08. The molecule has 0 spiro atoms. The molecule has 0 aliphatic heterocycles. The number of halogens is 2. The topological polar surface area (TPSA) is 77.0 Å². The van der Waals surface area contributed by atoms with E-state index in [1.54, 1.807) is 48.5 Å². The summed E-state index contributed by atoms with van der Waals surface area (Å²) in [4.78, 5) is 24.6. The molecule has 6 nitrogen and oxygen atoms in total. The van der Waals surface area contributed by atoms with Crippen LogP contribution in [0.5, 0.6) is 11.5 Å². The zero-order chi connectivity index (χ0) is 23.9. The van der Waals surface area contributed by atoms with Gasteiger partial charge >= 0.3 is 5.97 Å². The lowest BCUT2D eigenvalue weighted by Crippen LogP contribution is -2.24. The maximum absolute atomic E-state index is 12.6. The number of carbonyl (C=O) groups excluding carboxylic acids is 2. The van der Waals surface area contributed by atoms with Crippen LogP contribution >= 0.6 is 23.2 Å². The molecular weight excluding hydrogens is 475 g/mol. The smallest absolute Gasteiger partial charge is 0.344 e. The van der Waals surface area contributed by atoms with Crippen molar-refractivity contribution < 1.29 is 19.1 Å². The maximum Gasteiger partial charge on any atom is 0.344 e. The molecule has 0 radical (unpaired) electrons. The van der Waals surface area contributed by atoms with E-state index in [4.69, 9.17) is 32.7 Å². The number of hydrogen-bond acceptors (Lipinski definition) is 5. The largest absolute Gasteiger partial charge is 0.482 e. The Hall–Kier alpha value is -3.87. The molecule has 0 saturated heterocycles. The van der Waals surface area contributed by atoms with E-state index < -0.39 is 11.9 Å². The molecule has 34 heavy (non-hydrogen) atoms. The number of benzene rings is 4. The summed E-state index contributed by atoms with van der Waals surface area (Å²) in [5.74, 6) is -0.203. The van der Waals surface area contributed by atoms with Crippen LogP contribution in [0.4, 0.5) is 0 Å². The predicted molar refractivity (Wildman–Crippen MR) is 133 cm³/mol. The molecular formula is C26H18Cl2N2O4. The number of nitrogens with one attached hydrogen (secondary N) is 1. The van der Waals surface area contributed by atoms with Crippen molar-refractivity contribution in [1.29, 1.82) is 0 Å². The summed E-state index contributed by atoms with van der Waals surface area (Å²) in [7, 11) is 0. The summed E-state index contributed by atoms with van der Waals surface area (Å²) in [5.41, 5.74) is 3.56. The van der Waals surface area contributed by atoms with Crippen LogP contribution in [0.3, 0.4) is 0 Å². The molecule has 0 fully saturated rings. The first-order valence-corrected chi connectivity index (χ1v) is 11.0. The second-order valence-corrected chi connectivity index (χ2v) is 7.90. The third-order valence-corrected chi connectivity index (χ3v) is 5.58. The van der Waals surface area contributed by atoms with Gasteiger partial charge in [-0.05, 0) is 58.8 Å². The lowest BCUT2D eigenvalue weighted by atomic mass is 10.0. The zero-order valence-corrected chi connectivity index (χ0v) is 19.2. The summed E-state index contributed by atoms with van der Waals surface area (Å²) in [6.45, 7) is -0.277. The molecule has 0 aliphatic rings. The number of nitrogens with zero attached hydrogens (tertiary/aromatic N) is 1. The van der Waals surface area contributed by atoms with Crippen LogP contribution < -0.4 is 14.9 Å². The van der Waals surface area contributed by atoms with E-state index in [-0.39, 0.29) is 11.6 Å². The van der Waals surface area contributed by atoms with Gasteiger partial charge in [0.15, 0.2) is 6.61 Å². The van der Waals surface area contributed by atoms with Gasteiger partial charge in [0.05, 0.1) is 16.8 Å². The normalized spacial score (nSPS) is 10.9. The van der Waals surface area contributed by atoms with Crippen molar-refractivity contribution in [2.24, 2.45) is 5.10 Å². The molecule has 0 unspecified atom stereocenters. The van der Waals surface area contributed by atoms with Gasteiger partial charge in [0.2, 0.25) is 0 Å². The molecule has 0 heterocycles. The van der Waals surface area contributed by atoms with Gasteiger partial charge in [-0.25, -0.2) is 10.2 Å². The Kier molecular flexibility index (Phi) is 7.42. The third kappa shape index (κ3) is 5.73. The highest BCUT2D eigenvalue weighted by Crippen LogP contribution is 2.31. The lowest BCUT2D eigenvalue weighted by molar-refractivity contribution is -0.123. The van der Waals surface area contributed by atoms with E-state index in [9.17, 15) is 9.59 Å². The average Bonchev–Trinajstić information content (AvgIpc) is 2.85. The Morgan fingerprint density at radius 1 is 0.882 bits per heavy atom. The van der Waals surface area contributed by atoms with E-state index in [0.29, 0.717) is 27.6 Å². The van der Waals surface area contributed by atoms with Crippen molar-refractivity contribution in [2.75, 3.05) is 6.61 Å². The summed E-state index contributed by atoms with van der Waals surface area (Å²) in [6.07, 6.45) is 1.46. The van der Waals surface area contributed by atoms with Crippen molar-refractivity contribution in [3.63, 3.8) is 0 Å². The van der Waals surface area contributed by atoms with Crippen LogP contribution in [0, 0.1) is 0 Å². The fraction of sp³-hybridized carbons (Fsp3) is 0.0385. The molecule has 0 atom stereocenters. The van der Waals surface area contributed by atoms with Gasteiger partial charge in [-0.3, -0.25) is 4.79 Å². The van der Waals surface area contributed by atoms with Crippen molar-refractivity contribution in [3.05, 3.63) is 106 Å². The predicted octanol–water partition coefficient (Wildman–Crippen LogP) is 5.89. The number of fused-ring (bicyclic) bond motifs is 1. The Morgan fingerprint density at radius 3 is 2.44 bits per heavy atom.